The first-order chi connectivity index (χ1) is 11.9. The Bertz CT molecular complexity index is 982. The molecule has 0 bridgehead atoms. The normalized spacial score (nSPS) is 19.0. The fourth-order valence-electron chi connectivity index (χ4n) is 3.71. The molecule has 0 saturated heterocycles. The molecule has 0 aliphatic carbocycles. The Morgan fingerprint density at radius 2 is 1.96 bits per heavy atom. The molecule has 1 atom stereocenters. The van der Waals surface area contributed by atoms with Gasteiger partial charge in [0.1, 0.15) is 0 Å². The van der Waals surface area contributed by atoms with Crippen molar-refractivity contribution < 1.29 is 13.2 Å². The summed E-state index contributed by atoms with van der Waals surface area (Å²) < 4.78 is 28.5. The number of carbonyl (C=O) groups excluding carboxylic acids is 1. The van der Waals surface area contributed by atoms with Crippen LogP contribution in [-0.2, 0) is 21.2 Å². The van der Waals surface area contributed by atoms with Crippen molar-refractivity contribution in [2.24, 2.45) is 0 Å². The van der Waals surface area contributed by atoms with Gasteiger partial charge in [-0.2, -0.15) is 0 Å². The molecular weight excluding hydrogens is 336 g/mol. The lowest BCUT2D eigenvalue weighted by Gasteiger charge is -2.26. The van der Waals surface area contributed by atoms with E-state index >= 15 is 0 Å². The van der Waals surface area contributed by atoms with Crippen LogP contribution in [-0.4, -0.2) is 20.9 Å². The Kier molecular flexibility index (Phi) is 3.61. The number of carbonyl (C=O) groups is 1. The number of aryl methyl sites for hydroxylation is 2. The van der Waals surface area contributed by atoms with Gasteiger partial charge in [0.2, 0.25) is 5.91 Å². The zero-order valence-corrected chi connectivity index (χ0v) is 15.1. The van der Waals surface area contributed by atoms with E-state index in [0.717, 1.165) is 41.8 Å². The number of para-hydroxylation sites is 1. The third-order valence-electron chi connectivity index (χ3n) is 5.09. The summed E-state index contributed by atoms with van der Waals surface area (Å²) in [5, 5.41) is 0. The van der Waals surface area contributed by atoms with E-state index in [1.807, 2.05) is 30.9 Å². The van der Waals surface area contributed by atoms with Gasteiger partial charge in [0, 0.05) is 6.54 Å². The molecule has 1 N–H and O–H groups in total. The molecule has 4 rings (SSSR count). The first-order valence-corrected chi connectivity index (χ1v) is 9.93. The molecule has 0 spiro atoms. The second kappa shape index (κ2) is 5.59. The van der Waals surface area contributed by atoms with Gasteiger partial charge in [-0.3, -0.25) is 9.52 Å². The molecule has 1 amide bonds. The van der Waals surface area contributed by atoms with Gasteiger partial charge in [0.25, 0.3) is 10.0 Å². The number of nitrogens with one attached hydrogen (secondary N) is 1. The maximum absolute atomic E-state index is 12.9. The third kappa shape index (κ3) is 2.52. The SMILES string of the molecule is Cc1ccccc1NS(=O)(=O)c1cc2c3c(c1)[C@@H](C)C(=O)N3CCC2. The van der Waals surface area contributed by atoms with Crippen LogP contribution in [0.25, 0.3) is 0 Å². The molecule has 0 radical (unpaired) electrons. The van der Waals surface area contributed by atoms with E-state index in [1.54, 1.807) is 24.3 Å². The van der Waals surface area contributed by atoms with E-state index in [0.29, 0.717) is 5.69 Å². The van der Waals surface area contributed by atoms with Crippen LogP contribution in [0.1, 0.15) is 36.0 Å². The highest BCUT2D eigenvalue weighted by Crippen LogP contribution is 2.44. The number of nitrogens with zero attached hydrogens (tertiary/aromatic N) is 1. The van der Waals surface area contributed by atoms with Crippen LogP contribution < -0.4 is 9.62 Å². The first-order valence-electron chi connectivity index (χ1n) is 8.45. The summed E-state index contributed by atoms with van der Waals surface area (Å²) in [7, 11) is -3.70. The van der Waals surface area contributed by atoms with Crippen molar-refractivity contribution in [3.63, 3.8) is 0 Å². The number of hydrogen-bond donors (Lipinski definition) is 1. The van der Waals surface area contributed by atoms with Crippen LogP contribution in [0.2, 0.25) is 0 Å². The molecule has 0 fully saturated rings. The van der Waals surface area contributed by atoms with Gasteiger partial charge in [0.15, 0.2) is 0 Å². The molecule has 2 aliphatic heterocycles. The Morgan fingerprint density at radius 3 is 2.72 bits per heavy atom. The van der Waals surface area contributed by atoms with Gasteiger partial charge >= 0.3 is 0 Å². The lowest BCUT2D eigenvalue weighted by Crippen LogP contribution is -2.32. The fourth-order valence-corrected chi connectivity index (χ4v) is 4.93. The lowest BCUT2D eigenvalue weighted by molar-refractivity contribution is -0.119. The lowest BCUT2D eigenvalue weighted by atomic mass is 9.97. The molecular formula is C19H20N2O3S. The third-order valence-corrected chi connectivity index (χ3v) is 6.44. The average molecular weight is 356 g/mol. The Labute approximate surface area is 147 Å². The number of sulfonamides is 1. The van der Waals surface area contributed by atoms with Gasteiger partial charge in [-0.25, -0.2) is 8.42 Å². The zero-order valence-electron chi connectivity index (χ0n) is 14.2. The minimum atomic E-state index is -3.70. The largest absolute Gasteiger partial charge is 0.311 e. The van der Waals surface area contributed by atoms with Gasteiger partial charge < -0.3 is 4.90 Å². The summed E-state index contributed by atoms with van der Waals surface area (Å²) in [6, 6.07) is 10.7. The molecule has 5 nitrogen and oxygen atoms in total. The maximum Gasteiger partial charge on any atom is 0.261 e. The Balaban J connectivity index is 1.80. The van der Waals surface area contributed by atoms with Crippen LogP contribution in [0.5, 0.6) is 0 Å². The minimum absolute atomic E-state index is 0.0670. The molecule has 2 aromatic carbocycles. The Hall–Kier alpha value is -2.34. The van der Waals surface area contributed by atoms with Crippen LogP contribution in [0.3, 0.4) is 0 Å². The second-order valence-corrected chi connectivity index (χ2v) is 8.44. The molecule has 6 heteroatoms. The topological polar surface area (TPSA) is 66.5 Å². The standard InChI is InChI=1S/C19H20N2O3S/c1-12-6-3-4-8-17(12)20-25(23,24)15-10-14-7-5-9-21-18(14)16(11-15)13(2)19(21)22/h3-4,6,8,10-11,13,20H,5,7,9H2,1-2H3/t13-/m1/s1. The van der Waals surface area contributed by atoms with Crippen LogP contribution in [0.15, 0.2) is 41.3 Å². The van der Waals surface area contributed by atoms with Crippen molar-refractivity contribution in [1.82, 2.24) is 0 Å². The van der Waals surface area contributed by atoms with Gasteiger partial charge in [-0.05, 0) is 61.6 Å². The van der Waals surface area contributed by atoms with Crippen LogP contribution in [0, 0.1) is 6.92 Å². The van der Waals surface area contributed by atoms with E-state index in [4.69, 9.17) is 0 Å². The van der Waals surface area contributed by atoms with E-state index in [-0.39, 0.29) is 16.7 Å². The van der Waals surface area contributed by atoms with E-state index in [2.05, 4.69) is 4.72 Å². The fraction of sp³-hybridized carbons (Fsp3) is 0.316. The van der Waals surface area contributed by atoms with Crippen molar-refractivity contribution in [3.05, 3.63) is 53.1 Å². The number of hydrogen-bond acceptors (Lipinski definition) is 3. The van der Waals surface area contributed by atoms with Crippen molar-refractivity contribution in [1.29, 1.82) is 0 Å². The summed E-state index contributed by atoms with van der Waals surface area (Å²) in [6.07, 6.45) is 1.66. The highest BCUT2D eigenvalue weighted by molar-refractivity contribution is 7.92. The van der Waals surface area contributed by atoms with Gasteiger partial charge in [-0.15, -0.1) is 0 Å². The highest BCUT2D eigenvalue weighted by Gasteiger charge is 2.38. The molecule has 2 aromatic rings. The summed E-state index contributed by atoms with van der Waals surface area (Å²) in [5.41, 5.74) is 4.14. The molecule has 2 aliphatic rings. The van der Waals surface area contributed by atoms with E-state index in [9.17, 15) is 13.2 Å². The molecule has 0 unspecified atom stereocenters. The van der Waals surface area contributed by atoms with E-state index in [1.165, 1.54) is 0 Å². The predicted octanol–water partition coefficient (Wildman–Crippen LogP) is 3.19. The smallest absolute Gasteiger partial charge is 0.261 e. The number of benzene rings is 2. The molecule has 2 heterocycles. The maximum atomic E-state index is 12.9. The molecule has 130 valence electrons. The number of amides is 1. The summed E-state index contributed by atoms with van der Waals surface area (Å²) >= 11 is 0. The van der Waals surface area contributed by atoms with Crippen LogP contribution in [0.4, 0.5) is 11.4 Å². The molecule has 0 saturated carbocycles. The minimum Gasteiger partial charge on any atom is -0.311 e. The van der Waals surface area contributed by atoms with Gasteiger partial charge in [-0.1, -0.05) is 18.2 Å². The van der Waals surface area contributed by atoms with Crippen molar-refractivity contribution in [2.45, 2.75) is 37.5 Å². The summed E-state index contributed by atoms with van der Waals surface area (Å²) in [5.74, 6) is -0.224. The summed E-state index contributed by atoms with van der Waals surface area (Å²) in [4.78, 5) is 14.5. The first kappa shape index (κ1) is 16.1. The average Bonchev–Trinajstić information content (AvgIpc) is 2.84. The van der Waals surface area contributed by atoms with E-state index < -0.39 is 10.0 Å². The molecule has 25 heavy (non-hydrogen) atoms. The number of rotatable bonds is 3. The number of anilines is 2. The monoisotopic (exact) mass is 356 g/mol. The summed E-state index contributed by atoms with van der Waals surface area (Å²) in [6.45, 7) is 4.43. The van der Waals surface area contributed by atoms with Crippen molar-refractivity contribution in [3.8, 4) is 0 Å². The van der Waals surface area contributed by atoms with Gasteiger partial charge in [0.05, 0.1) is 22.2 Å². The highest BCUT2D eigenvalue weighted by atomic mass is 32.2. The zero-order chi connectivity index (χ0) is 17.8. The van der Waals surface area contributed by atoms with Crippen molar-refractivity contribution in [2.75, 3.05) is 16.2 Å². The quantitative estimate of drug-likeness (QED) is 0.918. The second-order valence-electron chi connectivity index (χ2n) is 6.76. The predicted molar refractivity (Wildman–Crippen MR) is 97.5 cm³/mol. The van der Waals surface area contributed by atoms with Crippen molar-refractivity contribution >= 4 is 27.3 Å². The Morgan fingerprint density at radius 1 is 1.20 bits per heavy atom. The molecule has 0 aromatic heterocycles. The van der Waals surface area contributed by atoms with Crippen LogP contribution >= 0.6 is 0 Å².